The fourth-order valence-corrected chi connectivity index (χ4v) is 6.27. The molecule has 1 fully saturated rings. The van der Waals surface area contributed by atoms with E-state index < -0.39 is 22.3 Å². The molecule has 0 N–H and O–H groups in total. The molecular formula is C22H24N2O6S. The number of piperidine rings is 1. The molecule has 0 saturated carbocycles. The van der Waals surface area contributed by atoms with Crippen molar-refractivity contribution in [3.63, 3.8) is 0 Å². The number of fused-ring (bicyclic) bond motifs is 2. The summed E-state index contributed by atoms with van der Waals surface area (Å²) in [5, 5.41) is 0. The Labute approximate surface area is 181 Å². The highest BCUT2D eigenvalue weighted by atomic mass is 32.2. The van der Waals surface area contributed by atoms with Crippen LogP contribution >= 0.6 is 0 Å². The van der Waals surface area contributed by atoms with Crippen LogP contribution in [-0.4, -0.2) is 45.2 Å². The number of cyclic esters (lactones) is 1. The molecule has 0 radical (unpaired) electrons. The maximum absolute atomic E-state index is 13.7. The Morgan fingerprint density at radius 1 is 1.10 bits per heavy atom. The largest absolute Gasteiger partial charge is 0.495 e. The van der Waals surface area contributed by atoms with E-state index in [0.717, 1.165) is 29.7 Å². The fraction of sp³-hybridized carbons (Fsp3) is 0.409. The summed E-state index contributed by atoms with van der Waals surface area (Å²) in [7, 11) is -2.30. The number of nitrogens with zero attached hydrogens (tertiary/aromatic N) is 2. The molecule has 0 aliphatic carbocycles. The predicted octanol–water partition coefficient (Wildman–Crippen LogP) is 3.29. The number of amides is 1. The Hall–Kier alpha value is -2.78. The number of ether oxygens (including phenoxy) is 3. The molecule has 9 heteroatoms. The van der Waals surface area contributed by atoms with Gasteiger partial charge in [-0.3, -0.25) is 4.90 Å². The Bertz CT molecular complexity index is 1120. The minimum Gasteiger partial charge on any atom is -0.495 e. The van der Waals surface area contributed by atoms with Crippen LogP contribution in [-0.2, 0) is 27.8 Å². The lowest BCUT2D eigenvalue weighted by Crippen LogP contribution is -2.56. The van der Waals surface area contributed by atoms with Crippen LogP contribution in [0.15, 0.2) is 41.3 Å². The number of benzene rings is 2. The summed E-state index contributed by atoms with van der Waals surface area (Å²) >= 11 is 0. The summed E-state index contributed by atoms with van der Waals surface area (Å²) in [6.07, 6.45) is 1.48. The lowest BCUT2D eigenvalue weighted by molar-refractivity contribution is 0.127. The Morgan fingerprint density at radius 2 is 1.97 bits per heavy atom. The highest BCUT2D eigenvalue weighted by Crippen LogP contribution is 2.41. The standard InChI is InChI=1S/C22H24N2O6S/c1-28-19-6-4-5-16-14-30-22(25)24(21(16)19)20-7-2-3-11-23(20)31(26,27)17-8-9-18-15(13-17)10-12-29-18/h4-6,8-9,13,20H,2-3,7,10-12,14H2,1H3. The van der Waals surface area contributed by atoms with E-state index in [9.17, 15) is 13.2 Å². The van der Waals surface area contributed by atoms with Gasteiger partial charge in [-0.15, -0.1) is 0 Å². The quantitative estimate of drug-likeness (QED) is 0.720. The second-order valence-corrected chi connectivity index (χ2v) is 9.74. The average molecular weight is 445 g/mol. The summed E-state index contributed by atoms with van der Waals surface area (Å²) in [6, 6.07) is 10.4. The second-order valence-electron chi connectivity index (χ2n) is 7.85. The minimum atomic E-state index is -3.84. The first-order chi connectivity index (χ1) is 15.0. The number of para-hydroxylation sites is 1. The molecular weight excluding hydrogens is 420 g/mol. The first-order valence-electron chi connectivity index (χ1n) is 10.4. The van der Waals surface area contributed by atoms with Crippen molar-refractivity contribution in [2.24, 2.45) is 0 Å². The average Bonchev–Trinajstić information content (AvgIpc) is 3.26. The molecule has 8 nitrogen and oxygen atoms in total. The summed E-state index contributed by atoms with van der Waals surface area (Å²) in [4.78, 5) is 14.6. The smallest absolute Gasteiger partial charge is 0.416 e. The molecule has 0 spiro atoms. The van der Waals surface area contributed by atoms with E-state index in [1.165, 1.54) is 16.3 Å². The molecule has 1 unspecified atom stereocenters. The van der Waals surface area contributed by atoms with Crippen LogP contribution in [0.3, 0.4) is 0 Å². The van der Waals surface area contributed by atoms with Gasteiger partial charge in [0.05, 0.1) is 24.3 Å². The van der Waals surface area contributed by atoms with Crippen LogP contribution in [0, 0.1) is 0 Å². The number of methoxy groups -OCH3 is 1. The van der Waals surface area contributed by atoms with Gasteiger partial charge in [-0.1, -0.05) is 12.1 Å². The molecule has 0 bridgehead atoms. The fourth-order valence-electron chi connectivity index (χ4n) is 4.58. The molecule has 5 rings (SSSR count). The summed E-state index contributed by atoms with van der Waals surface area (Å²) in [5.74, 6) is 1.25. The predicted molar refractivity (Wildman–Crippen MR) is 113 cm³/mol. The highest BCUT2D eigenvalue weighted by molar-refractivity contribution is 7.89. The van der Waals surface area contributed by atoms with Crippen molar-refractivity contribution in [2.75, 3.05) is 25.2 Å². The molecule has 1 atom stereocenters. The second kappa shape index (κ2) is 7.72. The van der Waals surface area contributed by atoms with Gasteiger partial charge >= 0.3 is 6.09 Å². The molecule has 1 amide bonds. The topological polar surface area (TPSA) is 85.4 Å². The van der Waals surface area contributed by atoms with Gasteiger partial charge in [0, 0.05) is 18.5 Å². The van der Waals surface area contributed by atoms with Crippen molar-refractivity contribution in [1.82, 2.24) is 4.31 Å². The maximum Gasteiger partial charge on any atom is 0.416 e. The van der Waals surface area contributed by atoms with E-state index in [2.05, 4.69) is 0 Å². The van der Waals surface area contributed by atoms with E-state index in [1.807, 2.05) is 12.1 Å². The molecule has 3 aliphatic rings. The van der Waals surface area contributed by atoms with E-state index in [0.29, 0.717) is 37.4 Å². The number of carbonyl (C=O) groups excluding carboxylic acids is 1. The van der Waals surface area contributed by atoms with E-state index >= 15 is 0 Å². The number of rotatable bonds is 4. The van der Waals surface area contributed by atoms with Crippen LogP contribution in [0.4, 0.5) is 10.5 Å². The van der Waals surface area contributed by atoms with Crippen LogP contribution in [0.2, 0.25) is 0 Å². The molecule has 0 aromatic heterocycles. The SMILES string of the molecule is COc1cccc2c1N(C1CCCCN1S(=O)(=O)c1ccc3c(c1)CCO3)C(=O)OC2. The number of hydrogen-bond acceptors (Lipinski definition) is 6. The van der Waals surface area contributed by atoms with Gasteiger partial charge < -0.3 is 14.2 Å². The maximum atomic E-state index is 13.7. The summed E-state index contributed by atoms with van der Waals surface area (Å²) in [6.45, 7) is 1.02. The molecule has 3 aliphatic heterocycles. The zero-order valence-corrected chi connectivity index (χ0v) is 18.1. The monoisotopic (exact) mass is 444 g/mol. The van der Waals surface area contributed by atoms with Crippen molar-refractivity contribution in [3.8, 4) is 11.5 Å². The third-order valence-corrected chi connectivity index (χ3v) is 7.97. The van der Waals surface area contributed by atoms with Crippen molar-refractivity contribution >= 4 is 21.8 Å². The Kier molecular flexibility index (Phi) is 5.02. The highest BCUT2D eigenvalue weighted by Gasteiger charge is 2.43. The Balaban J connectivity index is 1.57. The summed E-state index contributed by atoms with van der Waals surface area (Å²) < 4.78 is 45.2. The van der Waals surface area contributed by atoms with E-state index in [4.69, 9.17) is 14.2 Å². The normalized spacial score (nSPS) is 21.1. The third-order valence-electron chi connectivity index (χ3n) is 6.08. The van der Waals surface area contributed by atoms with Gasteiger partial charge in [-0.05, 0) is 49.1 Å². The van der Waals surface area contributed by atoms with Gasteiger partial charge in [0.15, 0.2) is 0 Å². The van der Waals surface area contributed by atoms with Gasteiger partial charge in [0.25, 0.3) is 0 Å². The van der Waals surface area contributed by atoms with Crippen molar-refractivity contribution in [3.05, 3.63) is 47.5 Å². The molecule has 164 valence electrons. The minimum absolute atomic E-state index is 0.131. The number of anilines is 1. The first-order valence-corrected chi connectivity index (χ1v) is 11.8. The molecule has 2 aromatic carbocycles. The van der Waals surface area contributed by atoms with Crippen LogP contribution < -0.4 is 14.4 Å². The zero-order chi connectivity index (χ0) is 21.6. The summed E-state index contributed by atoms with van der Waals surface area (Å²) in [5.41, 5.74) is 2.26. The molecule has 3 heterocycles. The third kappa shape index (κ3) is 3.32. The van der Waals surface area contributed by atoms with Gasteiger partial charge in [0.2, 0.25) is 10.0 Å². The first kappa shape index (κ1) is 20.1. The van der Waals surface area contributed by atoms with Gasteiger partial charge in [0.1, 0.15) is 24.3 Å². The molecule has 2 aromatic rings. The molecule has 31 heavy (non-hydrogen) atoms. The van der Waals surface area contributed by atoms with Crippen molar-refractivity contribution in [1.29, 1.82) is 0 Å². The van der Waals surface area contributed by atoms with Crippen molar-refractivity contribution < 1.29 is 27.4 Å². The lowest BCUT2D eigenvalue weighted by atomic mass is 10.1. The van der Waals surface area contributed by atoms with Crippen LogP contribution in [0.1, 0.15) is 30.4 Å². The van der Waals surface area contributed by atoms with Crippen LogP contribution in [0.25, 0.3) is 0 Å². The number of hydrogen-bond donors (Lipinski definition) is 0. The van der Waals surface area contributed by atoms with Gasteiger partial charge in [-0.25, -0.2) is 13.2 Å². The van der Waals surface area contributed by atoms with Gasteiger partial charge in [-0.2, -0.15) is 4.31 Å². The van der Waals surface area contributed by atoms with E-state index in [1.54, 1.807) is 24.3 Å². The van der Waals surface area contributed by atoms with Crippen molar-refractivity contribution in [2.45, 2.75) is 43.4 Å². The Morgan fingerprint density at radius 3 is 2.81 bits per heavy atom. The lowest BCUT2D eigenvalue weighted by Gasteiger charge is -2.43. The van der Waals surface area contributed by atoms with E-state index in [-0.39, 0.29) is 11.5 Å². The number of sulfonamides is 1. The van der Waals surface area contributed by atoms with Crippen LogP contribution in [0.5, 0.6) is 11.5 Å². The zero-order valence-electron chi connectivity index (χ0n) is 17.2. The number of carbonyl (C=O) groups is 1. The molecule has 1 saturated heterocycles.